The summed E-state index contributed by atoms with van der Waals surface area (Å²) in [5.41, 5.74) is 1.98. The molecular formula is C19H24N4O3. The minimum atomic E-state index is -0.254. The van der Waals surface area contributed by atoms with Crippen molar-refractivity contribution in [1.82, 2.24) is 15.0 Å². The molecule has 2 aromatic rings. The fourth-order valence-electron chi connectivity index (χ4n) is 3.00. The van der Waals surface area contributed by atoms with E-state index in [2.05, 4.69) is 10.5 Å². The molecule has 0 bridgehead atoms. The molecular weight excluding hydrogens is 332 g/mol. The second-order valence-corrected chi connectivity index (χ2v) is 6.57. The van der Waals surface area contributed by atoms with Crippen molar-refractivity contribution in [3.63, 3.8) is 0 Å². The molecule has 1 aliphatic heterocycles. The largest absolute Gasteiger partial charge is 0.364 e. The summed E-state index contributed by atoms with van der Waals surface area (Å²) in [5, 5.41) is 6.70. The molecule has 1 atom stereocenters. The Morgan fingerprint density at radius 1 is 1.15 bits per heavy atom. The molecule has 1 aromatic carbocycles. The van der Waals surface area contributed by atoms with Crippen LogP contribution in [0.3, 0.4) is 0 Å². The molecule has 0 saturated carbocycles. The lowest BCUT2D eigenvalue weighted by atomic mass is 10.1. The number of benzene rings is 1. The van der Waals surface area contributed by atoms with Crippen molar-refractivity contribution >= 4 is 17.6 Å². The van der Waals surface area contributed by atoms with Crippen LogP contribution in [0.5, 0.6) is 0 Å². The van der Waals surface area contributed by atoms with Crippen LogP contribution in [-0.4, -0.2) is 47.0 Å². The van der Waals surface area contributed by atoms with Gasteiger partial charge in [-0.2, -0.15) is 0 Å². The highest BCUT2D eigenvalue weighted by molar-refractivity contribution is 5.95. The number of urea groups is 1. The van der Waals surface area contributed by atoms with E-state index in [1.54, 1.807) is 42.3 Å². The number of carbonyl (C=O) groups is 2. The van der Waals surface area contributed by atoms with Crippen molar-refractivity contribution in [3.8, 4) is 0 Å². The summed E-state index contributed by atoms with van der Waals surface area (Å²) in [6.07, 6.45) is 4.80. The number of aromatic nitrogens is 1. The van der Waals surface area contributed by atoms with E-state index in [9.17, 15) is 9.59 Å². The van der Waals surface area contributed by atoms with Gasteiger partial charge in [0.25, 0.3) is 5.91 Å². The lowest BCUT2D eigenvalue weighted by Crippen LogP contribution is -2.35. The van der Waals surface area contributed by atoms with Crippen molar-refractivity contribution < 1.29 is 14.1 Å². The molecule has 26 heavy (non-hydrogen) atoms. The van der Waals surface area contributed by atoms with E-state index in [0.717, 1.165) is 25.9 Å². The van der Waals surface area contributed by atoms with E-state index >= 15 is 0 Å². The van der Waals surface area contributed by atoms with Crippen LogP contribution in [0, 0.1) is 0 Å². The Morgan fingerprint density at radius 3 is 2.46 bits per heavy atom. The Balaban J connectivity index is 1.59. The molecule has 7 nitrogen and oxygen atoms in total. The topological polar surface area (TPSA) is 78.7 Å². The second kappa shape index (κ2) is 8.03. The first-order chi connectivity index (χ1) is 12.6. The summed E-state index contributed by atoms with van der Waals surface area (Å²) in [7, 11) is 1.70. The van der Waals surface area contributed by atoms with Gasteiger partial charge in [-0.25, -0.2) is 4.79 Å². The van der Waals surface area contributed by atoms with Gasteiger partial charge in [0.2, 0.25) is 0 Å². The predicted molar refractivity (Wildman–Crippen MR) is 97.9 cm³/mol. The van der Waals surface area contributed by atoms with Crippen molar-refractivity contribution in [1.29, 1.82) is 0 Å². The lowest BCUT2D eigenvalue weighted by molar-refractivity contribution is 0.0724. The number of anilines is 1. The standard InChI is InChI=1S/C19H24N4O3/c1-14(17-10-13-26-21-17)22(2)19(25)20-16-8-6-15(7-9-16)18(24)23-11-4-3-5-12-23/h6-10,13-14H,3-5,11-12H2,1-2H3,(H,20,25)/t14-/m1/s1. The maximum absolute atomic E-state index is 12.5. The van der Waals surface area contributed by atoms with Crippen molar-refractivity contribution in [2.24, 2.45) is 0 Å². The van der Waals surface area contributed by atoms with Gasteiger partial charge in [-0.05, 0) is 50.5 Å². The summed E-state index contributed by atoms with van der Waals surface area (Å²) in [6.45, 7) is 3.52. The zero-order valence-corrected chi connectivity index (χ0v) is 15.1. The van der Waals surface area contributed by atoms with Crippen molar-refractivity contribution in [3.05, 3.63) is 47.9 Å². The monoisotopic (exact) mass is 356 g/mol. The van der Waals surface area contributed by atoms with E-state index in [0.29, 0.717) is 16.9 Å². The first-order valence-electron chi connectivity index (χ1n) is 8.89. The van der Waals surface area contributed by atoms with Gasteiger partial charge < -0.3 is 19.6 Å². The number of hydrogen-bond donors (Lipinski definition) is 1. The van der Waals surface area contributed by atoms with Gasteiger partial charge in [-0.1, -0.05) is 5.16 Å². The van der Waals surface area contributed by atoms with Crippen LogP contribution in [0.4, 0.5) is 10.5 Å². The smallest absolute Gasteiger partial charge is 0.322 e. The molecule has 1 aliphatic rings. The first kappa shape index (κ1) is 18.0. The molecule has 1 fully saturated rings. The number of likely N-dealkylation sites (tertiary alicyclic amines) is 1. The van der Waals surface area contributed by atoms with Gasteiger partial charge in [0, 0.05) is 37.5 Å². The van der Waals surface area contributed by atoms with Crippen LogP contribution in [0.25, 0.3) is 0 Å². The van der Waals surface area contributed by atoms with Gasteiger partial charge >= 0.3 is 6.03 Å². The zero-order chi connectivity index (χ0) is 18.5. The van der Waals surface area contributed by atoms with Crippen molar-refractivity contribution in [2.75, 3.05) is 25.5 Å². The van der Waals surface area contributed by atoms with E-state index in [4.69, 9.17) is 4.52 Å². The van der Waals surface area contributed by atoms with E-state index < -0.39 is 0 Å². The molecule has 138 valence electrons. The molecule has 0 radical (unpaired) electrons. The third kappa shape index (κ3) is 4.04. The number of hydrogen-bond acceptors (Lipinski definition) is 4. The quantitative estimate of drug-likeness (QED) is 0.909. The van der Waals surface area contributed by atoms with E-state index in [1.165, 1.54) is 12.7 Å². The molecule has 1 aromatic heterocycles. The molecule has 1 N–H and O–H groups in total. The SMILES string of the molecule is C[C@H](c1ccon1)N(C)C(=O)Nc1ccc(C(=O)N2CCCCC2)cc1. The molecule has 1 saturated heterocycles. The summed E-state index contributed by atoms with van der Waals surface area (Å²) in [5.74, 6) is 0.0550. The molecule has 0 spiro atoms. The molecule has 0 aliphatic carbocycles. The van der Waals surface area contributed by atoms with Gasteiger partial charge in [-0.3, -0.25) is 4.79 Å². The van der Waals surface area contributed by atoms with Gasteiger partial charge in [0.05, 0.1) is 6.04 Å². The minimum absolute atomic E-state index is 0.0550. The zero-order valence-electron chi connectivity index (χ0n) is 15.1. The lowest BCUT2D eigenvalue weighted by Gasteiger charge is -2.27. The normalized spacial score (nSPS) is 15.4. The van der Waals surface area contributed by atoms with Crippen LogP contribution in [0.2, 0.25) is 0 Å². The van der Waals surface area contributed by atoms with Crippen molar-refractivity contribution in [2.45, 2.75) is 32.2 Å². The van der Waals surface area contributed by atoms with Crippen LogP contribution in [0.1, 0.15) is 48.3 Å². The summed E-state index contributed by atoms with van der Waals surface area (Å²) in [4.78, 5) is 28.3. The fraction of sp³-hybridized carbons (Fsp3) is 0.421. The van der Waals surface area contributed by atoms with E-state index in [-0.39, 0.29) is 18.0 Å². The third-order valence-electron chi connectivity index (χ3n) is 4.81. The Morgan fingerprint density at radius 2 is 1.85 bits per heavy atom. The molecule has 7 heteroatoms. The highest BCUT2D eigenvalue weighted by atomic mass is 16.5. The molecule has 3 amide bonds. The third-order valence-corrected chi connectivity index (χ3v) is 4.81. The Bertz CT molecular complexity index is 737. The molecule has 0 unspecified atom stereocenters. The summed E-state index contributed by atoms with van der Waals surface area (Å²) in [6, 6.07) is 8.29. The average Bonchev–Trinajstić information content (AvgIpc) is 3.22. The second-order valence-electron chi connectivity index (χ2n) is 6.57. The summed E-state index contributed by atoms with van der Waals surface area (Å²) < 4.78 is 4.83. The number of rotatable bonds is 4. The average molecular weight is 356 g/mol. The maximum atomic E-state index is 12.5. The summed E-state index contributed by atoms with van der Waals surface area (Å²) >= 11 is 0. The Labute approximate surface area is 152 Å². The fourth-order valence-corrected chi connectivity index (χ4v) is 3.00. The van der Waals surface area contributed by atoms with Crippen LogP contribution >= 0.6 is 0 Å². The highest BCUT2D eigenvalue weighted by Gasteiger charge is 2.20. The first-order valence-corrected chi connectivity index (χ1v) is 8.89. The van der Waals surface area contributed by atoms with Gasteiger partial charge in [0.1, 0.15) is 12.0 Å². The number of amides is 3. The van der Waals surface area contributed by atoms with Crippen LogP contribution < -0.4 is 5.32 Å². The minimum Gasteiger partial charge on any atom is -0.364 e. The maximum Gasteiger partial charge on any atom is 0.322 e. The molecule has 3 rings (SSSR count). The van der Waals surface area contributed by atoms with Gasteiger partial charge in [-0.15, -0.1) is 0 Å². The number of carbonyl (C=O) groups excluding carboxylic acids is 2. The van der Waals surface area contributed by atoms with Crippen LogP contribution in [-0.2, 0) is 0 Å². The van der Waals surface area contributed by atoms with Gasteiger partial charge in [0.15, 0.2) is 0 Å². The Hall–Kier alpha value is -2.83. The number of nitrogens with one attached hydrogen (secondary N) is 1. The number of piperidine rings is 1. The van der Waals surface area contributed by atoms with Crippen LogP contribution in [0.15, 0.2) is 41.1 Å². The number of nitrogens with zero attached hydrogens (tertiary/aromatic N) is 3. The molecule has 2 heterocycles. The highest BCUT2D eigenvalue weighted by Crippen LogP contribution is 2.19. The predicted octanol–water partition coefficient (Wildman–Crippen LogP) is 3.53. The van der Waals surface area contributed by atoms with E-state index in [1.807, 2.05) is 11.8 Å². The Kier molecular flexibility index (Phi) is 5.55.